The molecule has 1 N–H and O–H groups in total. The third kappa shape index (κ3) is 2.97. The van der Waals surface area contributed by atoms with Crippen molar-refractivity contribution in [3.63, 3.8) is 0 Å². The highest BCUT2D eigenvalue weighted by Gasteiger charge is 2.24. The first kappa shape index (κ1) is 15.3. The van der Waals surface area contributed by atoms with Gasteiger partial charge in [0.25, 0.3) is 10.0 Å². The third-order valence-corrected chi connectivity index (χ3v) is 5.24. The highest BCUT2D eigenvalue weighted by Crippen LogP contribution is 2.22. The van der Waals surface area contributed by atoms with Gasteiger partial charge in [-0.15, -0.1) is 0 Å². The molecule has 0 aliphatic carbocycles. The van der Waals surface area contributed by atoms with Crippen molar-refractivity contribution in [2.24, 2.45) is 5.92 Å². The Labute approximate surface area is 124 Å². The summed E-state index contributed by atoms with van der Waals surface area (Å²) in [6, 6.07) is 5.24. The van der Waals surface area contributed by atoms with Gasteiger partial charge >= 0.3 is 0 Å². The average Bonchev–Trinajstić information content (AvgIpc) is 2.76. The molecular weight excluding hydrogens is 298 g/mol. The summed E-state index contributed by atoms with van der Waals surface area (Å²) in [5.41, 5.74) is 0.514. The van der Waals surface area contributed by atoms with E-state index in [1.54, 1.807) is 24.4 Å². The van der Waals surface area contributed by atoms with Crippen LogP contribution in [0.15, 0.2) is 29.4 Å². The Morgan fingerprint density at radius 2 is 2.05 bits per heavy atom. The van der Waals surface area contributed by atoms with E-state index >= 15 is 0 Å². The van der Waals surface area contributed by atoms with Gasteiger partial charge in [-0.25, -0.2) is 18.1 Å². The Hall–Kier alpha value is -1.11. The van der Waals surface area contributed by atoms with Crippen molar-refractivity contribution in [2.75, 3.05) is 6.54 Å². The van der Waals surface area contributed by atoms with Gasteiger partial charge < -0.3 is 0 Å². The second-order valence-electron chi connectivity index (χ2n) is 4.67. The highest BCUT2D eigenvalue weighted by molar-refractivity contribution is 7.89. The maximum atomic E-state index is 12.4. The number of nitrogens with one attached hydrogen (secondary N) is 1. The summed E-state index contributed by atoms with van der Waals surface area (Å²) in [5.74, 6) is 0.322. The van der Waals surface area contributed by atoms with Crippen molar-refractivity contribution in [1.82, 2.24) is 14.1 Å². The molecule has 2 rings (SSSR count). The Bertz CT molecular complexity index is 693. The number of imidazole rings is 1. The molecule has 0 saturated carbocycles. The maximum absolute atomic E-state index is 12.4. The largest absolute Gasteiger partial charge is 0.288 e. The van der Waals surface area contributed by atoms with Crippen molar-refractivity contribution < 1.29 is 8.42 Å². The monoisotopic (exact) mass is 315 g/mol. The first-order valence-electron chi connectivity index (χ1n) is 6.61. The zero-order valence-electron chi connectivity index (χ0n) is 11.5. The van der Waals surface area contributed by atoms with Crippen LogP contribution in [0.1, 0.15) is 26.7 Å². The lowest BCUT2D eigenvalue weighted by atomic mass is 10.0. The Balaban J connectivity index is 2.34. The molecule has 2 heterocycles. The summed E-state index contributed by atoms with van der Waals surface area (Å²) in [6.07, 6.45) is 3.50. The summed E-state index contributed by atoms with van der Waals surface area (Å²) in [4.78, 5) is 4.06. The first-order valence-corrected chi connectivity index (χ1v) is 8.48. The van der Waals surface area contributed by atoms with E-state index in [4.69, 9.17) is 11.6 Å². The second kappa shape index (κ2) is 6.11. The molecule has 0 aliphatic rings. The van der Waals surface area contributed by atoms with Crippen LogP contribution in [0.4, 0.5) is 0 Å². The smallest absolute Gasteiger partial charge is 0.259 e. The number of rotatable bonds is 6. The van der Waals surface area contributed by atoms with Gasteiger partial charge in [0, 0.05) is 12.7 Å². The molecular formula is C13H18ClN3O2S. The second-order valence-corrected chi connectivity index (χ2v) is 6.71. The minimum Gasteiger partial charge on any atom is -0.288 e. The van der Waals surface area contributed by atoms with Crippen LogP contribution in [0.25, 0.3) is 5.65 Å². The van der Waals surface area contributed by atoms with Crippen LogP contribution in [0.2, 0.25) is 5.15 Å². The number of nitrogens with zero attached hydrogens (tertiary/aromatic N) is 2. The minimum absolute atomic E-state index is 0.000669. The van der Waals surface area contributed by atoms with Gasteiger partial charge in [-0.1, -0.05) is 44.4 Å². The van der Waals surface area contributed by atoms with Crippen LogP contribution < -0.4 is 4.72 Å². The predicted octanol–water partition coefficient (Wildman–Crippen LogP) is 2.70. The maximum Gasteiger partial charge on any atom is 0.259 e. The SMILES string of the molecule is CCC(CC)CNS(=O)(=O)c1c(Cl)nc2ccccn12. The van der Waals surface area contributed by atoms with Crippen molar-refractivity contribution in [3.8, 4) is 0 Å². The van der Waals surface area contributed by atoms with Crippen LogP contribution >= 0.6 is 11.6 Å². The number of hydrogen-bond acceptors (Lipinski definition) is 3. The van der Waals surface area contributed by atoms with Crippen molar-refractivity contribution >= 4 is 27.3 Å². The van der Waals surface area contributed by atoms with Crippen LogP contribution in [-0.2, 0) is 10.0 Å². The van der Waals surface area contributed by atoms with Gasteiger partial charge in [-0.3, -0.25) is 4.40 Å². The quantitative estimate of drug-likeness (QED) is 0.891. The molecule has 0 amide bonds. The predicted molar refractivity (Wildman–Crippen MR) is 79.5 cm³/mol. The molecule has 0 bridgehead atoms. The molecule has 0 fully saturated rings. The molecule has 0 aliphatic heterocycles. The van der Waals surface area contributed by atoms with E-state index in [-0.39, 0.29) is 10.2 Å². The molecule has 20 heavy (non-hydrogen) atoms. The van der Waals surface area contributed by atoms with E-state index in [1.807, 2.05) is 13.8 Å². The van der Waals surface area contributed by atoms with Crippen LogP contribution in [-0.4, -0.2) is 24.3 Å². The zero-order chi connectivity index (χ0) is 14.8. The van der Waals surface area contributed by atoms with E-state index in [1.165, 1.54) is 4.40 Å². The lowest BCUT2D eigenvalue weighted by Crippen LogP contribution is -2.30. The summed E-state index contributed by atoms with van der Waals surface area (Å²) >= 11 is 5.98. The van der Waals surface area contributed by atoms with Gasteiger partial charge in [0.2, 0.25) is 0 Å². The topological polar surface area (TPSA) is 63.5 Å². The molecule has 0 atom stereocenters. The summed E-state index contributed by atoms with van der Waals surface area (Å²) in [6.45, 7) is 4.50. The van der Waals surface area contributed by atoms with Crippen LogP contribution in [0.3, 0.4) is 0 Å². The van der Waals surface area contributed by atoms with Gasteiger partial charge in [0.1, 0.15) is 5.65 Å². The summed E-state index contributed by atoms with van der Waals surface area (Å²) < 4.78 is 28.9. The number of sulfonamides is 1. The molecule has 0 aromatic carbocycles. The fourth-order valence-corrected chi connectivity index (χ4v) is 3.81. The molecule has 0 unspecified atom stereocenters. The highest BCUT2D eigenvalue weighted by atomic mass is 35.5. The molecule has 2 aromatic rings. The molecule has 0 radical (unpaired) electrons. The molecule has 2 aromatic heterocycles. The van der Waals surface area contributed by atoms with Gasteiger partial charge in [0.05, 0.1) is 0 Å². The van der Waals surface area contributed by atoms with Crippen LogP contribution in [0.5, 0.6) is 0 Å². The molecule has 5 nitrogen and oxygen atoms in total. The number of hydrogen-bond donors (Lipinski definition) is 1. The van der Waals surface area contributed by atoms with E-state index in [0.717, 1.165) is 12.8 Å². The normalized spacial score (nSPS) is 12.4. The van der Waals surface area contributed by atoms with E-state index < -0.39 is 10.0 Å². The average molecular weight is 316 g/mol. The van der Waals surface area contributed by atoms with Crippen molar-refractivity contribution in [2.45, 2.75) is 31.7 Å². The molecule has 110 valence electrons. The number of fused-ring (bicyclic) bond motifs is 1. The minimum atomic E-state index is -3.67. The molecule has 0 spiro atoms. The van der Waals surface area contributed by atoms with Crippen LogP contribution in [0, 0.1) is 5.92 Å². The number of pyridine rings is 1. The Kier molecular flexibility index (Phi) is 4.67. The van der Waals surface area contributed by atoms with Crippen molar-refractivity contribution in [1.29, 1.82) is 0 Å². The summed E-state index contributed by atoms with van der Waals surface area (Å²) in [7, 11) is -3.67. The standard InChI is InChI=1S/C13H18ClN3O2S/c1-3-10(4-2)9-15-20(18,19)13-12(14)16-11-7-5-6-8-17(11)13/h5-8,10,15H,3-4,9H2,1-2H3. The lowest BCUT2D eigenvalue weighted by molar-refractivity contribution is 0.478. The molecule has 0 saturated heterocycles. The Morgan fingerprint density at radius 1 is 1.35 bits per heavy atom. The van der Waals surface area contributed by atoms with Gasteiger partial charge in [0.15, 0.2) is 10.2 Å². The van der Waals surface area contributed by atoms with Crippen molar-refractivity contribution in [3.05, 3.63) is 29.5 Å². The third-order valence-electron chi connectivity index (χ3n) is 3.42. The number of halogens is 1. The summed E-state index contributed by atoms with van der Waals surface area (Å²) in [5, 5.41) is -0.00558. The van der Waals surface area contributed by atoms with E-state index in [0.29, 0.717) is 18.1 Å². The fourth-order valence-electron chi connectivity index (χ4n) is 2.06. The first-order chi connectivity index (χ1) is 9.49. The molecule has 7 heteroatoms. The lowest BCUT2D eigenvalue weighted by Gasteiger charge is -2.13. The van der Waals surface area contributed by atoms with Gasteiger partial charge in [-0.05, 0) is 18.1 Å². The fraction of sp³-hybridized carbons (Fsp3) is 0.462. The zero-order valence-corrected chi connectivity index (χ0v) is 13.1. The van der Waals surface area contributed by atoms with E-state index in [2.05, 4.69) is 9.71 Å². The Morgan fingerprint density at radius 3 is 2.70 bits per heavy atom. The number of aromatic nitrogens is 2. The van der Waals surface area contributed by atoms with E-state index in [9.17, 15) is 8.42 Å². The van der Waals surface area contributed by atoms with Gasteiger partial charge in [-0.2, -0.15) is 0 Å².